The fraction of sp³-hybridized carbons (Fsp3) is 0.200. The lowest BCUT2D eigenvalue weighted by molar-refractivity contribution is -0.113. The second-order valence-electron chi connectivity index (χ2n) is 4.65. The number of benzene rings is 1. The Kier molecular flexibility index (Phi) is 5.98. The lowest BCUT2D eigenvalue weighted by Crippen LogP contribution is -2.23. The van der Waals surface area contributed by atoms with Crippen molar-refractivity contribution >= 4 is 49.7 Å². The maximum Gasteiger partial charge on any atom is 0.341 e. The van der Waals surface area contributed by atoms with E-state index in [9.17, 15) is 18.0 Å². The number of hydrogen-bond donors (Lipinski definition) is 1. The van der Waals surface area contributed by atoms with Crippen molar-refractivity contribution in [2.24, 2.45) is 0 Å². The van der Waals surface area contributed by atoms with Crippen molar-refractivity contribution in [3.05, 3.63) is 46.3 Å². The van der Waals surface area contributed by atoms with Crippen LogP contribution in [0.3, 0.4) is 0 Å². The van der Waals surface area contributed by atoms with Crippen molar-refractivity contribution < 1.29 is 22.7 Å². The molecule has 0 unspecified atom stereocenters. The van der Waals surface area contributed by atoms with Crippen LogP contribution in [0.5, 0.6) is 0 Å². The zero-order valence-corrected chi connectivity index (χ0v) is 15.0. The zero-order valence-electron chi connectivity index (χ0n) is 12.6. The van der Waals surface area contributed by atoms with E-state index < -0.39 is 27.5 Å². The van der Waals surface area contributed by atoms with Gasteiger partial charge < -0.3 is 10.1 Å². The molecule has 0 aliphatic carbocycles. The van der Waals surface area contributed by atoms with Crippen LogP contribution in [0.15, 0.2) is 40.6 Å². The molecule has 1 N–H and O–H groups in total. The van der Waals surface area contributed by atoms with E-state index in [4.69, 9.17) is 16.3 Å². The van der Waals surface area contributed by atoms with Crippen molar-refractivity contribution in [1.82, 2.24) is 0 Å². The second kappa shape index (κ2) is 7.78. The third-order valence-electron chi connectivity index (χ3n) is 2.91. The monoisotopic (exact) mass is 387 g/mol. The largest absolute Gasteiger partial charge is 0.462 e. The van der Waals surface area contributed by atoms with Crippen molar-refractivity contribution in [2.75, 3.05) is 17.7 Å². The molecule has 1 amide bonds. The van der Waals surface area contributed by atoms with Gasteiger partial charge >= 0.3 is 5.97 Å². The second-order valence-corrected chi connectivity index (χ2v) is 7.99. The molecule has 0 bridgehead atoms. The Hall–Kier alpha value is -1.90. The Balaban J connectivity index is 2.10. The molecule has 1 heterocycles. The average Bonchev–Trinajstić information content (AvgIpc) is 2.95. The molecule has 0 atom stereocenters. The van der Waals surface area contributed by atoms with E-state index in [1.165, 1.54) is 30.3 Å². The Bertz CT molecular complexity index is 843. The summed E-state index contributed by atoms with van der Waals surface area (Å²) in [6.07, 6.45) is 0. The van der Waals surface area contributed by atoms with Crippen LogP contribution < -0.4 is 5.32 Å². The molecule has 0 saturated carbocycles. The van der Waals surface area contributed by atoms with Crippen molar-refractivity contribution in [3.8, 4) is 0 Å². The quantitative estimate of drug-likeness (QED) is 0.769. The predicted octanol–water partition coefficient (Wildman–Crippen LogP) is 2.99. The standard InChI is InChI=1S/C15H14ClNO5S2/c1-2-22-15(19)12-7-8-23-14(12)17-13(18)9-24(20,21)11-5-3-10(16)4-6-11/h3-8H,2,9H2,1H3,(H,17,18). The molecule has 0 spiro atoms. The van der Waals surface area contributed by atoms with Gasteiger partial charge in [0.05, 0.1) is 17.1 Å². The molecule has 0 fully saturated rings. The number of hydrogen-bond acceptors (Lipinski definition) is 6. The van der Waals surface area contributed by atoms with Crippen LogP contribution >= 0.6 is 22.9 Å². The maximum atomic E-state index is 12.2. The van der Waals surface area contributed by atoms with Crippen molar-refractivity contribution in [1.29, 1.82) is 0 Å². The minimum Gasteiger partial charge on any atom is -0.462 e. The average molecular weight is 388 g/mol. The number of anilines is 1. The Morgan fingerprint density at radius 3 is 2.50 bits per heavy atom. The minimum absolute atomic E-state index is 0.00107. The third kappa shape index (κ3) is 4.56. The summed E-state index contributed by atoms with van der Waals surface area (Å²) in [5.74, 6) is -2.05. The molecule has 24 heavy (non-hydrogen) atoms. The summed E-state index contributed by atoms with van der Waals surface area (Å²) in [7, 11) is -3.80. The zero-order chi connectivity index (χ0) is 17.7. The van der Waals surface area contributed by atoms with Crippen LogP contribution in [0.1, 0.15) is 17.3 Å². The van der Waals surface area contributed by atoms with Gasteiger partial charge in [-0.05, 0) is 42.6 Å². The van der Waals surface area contributed by atoms with Gasteiger partial charge in [-0.25, -0.2) is 13.2 Å². The van der Waals surface area contributed by atoms with Gasteiger partial charge in [-0.3, -0.25) is 4.79 Å². The SMILES string of the molecule is CCOC(=O)c1ccsc1NC(=O)CS(=O)(=O)c1ccc(Cl)cc1. The summed E-state index contributed by atoms with van der Waals surface area (Å²) in [4.78, 5) is 23.8. The van der Waals surface area contributed by atoms with Gasteiger partial charge in [-0.2, -0.15) is 0 Å². The molecule has 0 radical (unpaired) electrons. The summed E-state index contributed by atoms with van der Waals surface area (Å²) in [6.45, 7) is 1.87. The number of sulfone groups is 1. The van der Waals surface area contributed by atoms with Gasteiger partial charge in [0.2, 0.25) is 5.91 Å². The highest BCUT2D eigenvalue weighted by Crippen LogP contribution is 2.24. The van der Waals surface area contributed by atoms with E-state index >= 15 is 0 Å². The van der Waals surface area contributed by atoms with Gasteiger partial charge in [0.25, 0.3) is 0 Å². The first-order chi connectivity index (χ1) is 11.3. The smallest absolute Gasteiger partial charge is 0.341 e. The summed E-state index contributed by atoms with van der Waals surface area (Å²) in [6, 6.07) is 7.04. The molecule has 128 valence electrons. The van der Waals surface area contributed by atoms with Gasteiger partial charge in [-0.15, -0.1) is 11.3 Å². The van der Waals surface area contributed by atoms with Crippen LogP contribution in [0.25, 0.3) is 0 Å². The van der Waals surface area contributed by atoms with E-state index in [-0.39, 0.29) is 22.1 Å². The maximum absolute atomic E-state index is 12.2. The van der Waals surface area contributed by atoms with Crippen molar-refractivity contribution in [3.63, 3.8) is 0 Å². The lowest BCUT2D eigenvalue weighted by atomic mass is 10.3. The van der Waals surface area contributed by atoms with Crippen LogP contribution in [-0.2, 0) is 19.4 Å². The first-order valence-corrected chi connectivity index (χ1v) is 9.77. The highest BCUT2D eigenvalue weighted by atomic mass is 35.5. The van der Waals surface area contributed by atoms with Crippen LogP contribution in [-0.4, -0.2) is 32.7 Å². The van der Waals surface area contributed by atoms with Gasteiger partial charge in [-0.1, -0.05) is 11.6 Å². The van der Waals surface area contributed by atoms with E-state index in [0.717, 1.165) is 11.3 Å². The Morgan fingerprint density at radius 2 is 1.88 bits per heavy atom. The third-order valence-corrected chi connectivity index (χ3v) is 5.62. The first kappa shape index (κ1) is 18.4. The molecule has 2 aromatic rings. The van der Waals surface area contributed by atoms with E-state index in [1.807, 2.05) is 0 Å². The Morgan fingerprint density at radius 1 is 1.21 bits per heavy atom. The highest BCUT2D eigenvalue weighted by Gasteiger charge is 2.22. The number of carbonyl (C=O) groups is 2. The number of halogens is 1. The molecule has 1 aromatic heterocycles. The first-order valence-electron chi connectivity index (χ1n) is 6.86. The molecule has 2 rings (SSSR count). The normalized spacial score (nSPS) is 11.1. The molecule has 6 nitrogen and oxygen atoms in total. The number of amides is 1. The van der Waals surface area contributed by atoms with Gasteiger partial charge in [0.1, 0.15) is 10.8 Å². The molecule has 0 saturated heterocycles. The summed E-state index contributed by atoms with van der Waals surface area (Å²) >= 11 is 6.83. The predicted molar refractivity (Wildman–Crippen MR) is 92.4 cm³/mol. The number of esters is 1. The number of rotatable bonds is 6. The minimum atomic E-state index is -3.80. The van der Waals surface area contributed by atoms with E-state index in [1.54, 1.807) is 12.3 Å². The van der Waals surface area contributed by atoms with Crippen LogP contribution in [0.4, 0.5) is 5.00 Å². The highest BCUT2D eigenvalue weighted by molar-refractivity contribution is 7.92. The summed E-state index contributed by atoms with van der Waals surface area (Å²) < 4.78 is 29.3. The Labute approximate surface area is 148 Å². The lowest BCUT2D eigenvalue weighted by Gasteiger charge is -2.07. The number of carbonyl (C=O) groups excluding carboxylic acids is 2. The molecular weight excluding hydrogens is 374 g/mol. The molecule has 0 aliphatic heterocycles. The number of thiophene rings is 1. The van der Waals surface area contributed by atoms with Gasteiger partial charge in [0.15, 0.2) is 9.84 Å². The van der Waals surface area contributed by atoms with Gasteiger partial charge in [0, 0.05) is 5.02 Å². The number of nitrogens with one attached hydrogen (secondary N) is 1. The van der Waals surface area contributed by atoms with E-state index in [0.29, 0.717) is 5.02 Å². The van der Waals surface area contributed by atoms with E-state index in [2.05, 4.69) is 5.32 Å². The summed E-state index contributed by atoms with van der Waals surface area (Å²) in [5, 5.41) is 4.70. The molecular formula is C15H14ClNO5S2. The number of ether oxygens (including phenoxy) is 1. The topological polar surface area (TPSA) is 89.5 Å². The molecule has 9 heteroatoms. The van der Waals surface area contributed by atoms with Crippen LogP contribution in [0, 0.1) is 0 Å². The van der Waals surface area contributed by atoms with Crippen LogP contribution in [0.2, 0.25) is 5.02 Å². The fourth-order valence-electron chi connectivity index (χ4n) is 1.84. The van der Waals surface area contributed by atoms with Crippen molar-refractivity contribution in [2.45, 2.75) is 11.8 Å². The summed E-state index contributed by atoms with van der Waals surface area (Å²) in [5.41, 5.74) is 0.194. The fourth-order valence-corrected chi connectivity index (χ4v) is 3.89. The molecule has 1 aromatic carbocycles. The molecule has 0 aliphatic rings.